The molecular formula is C13H19IN2OS. The summed E-state index contributed by atoms with van der Waals surface area (Å²) >= 11 is 4.50. The first kappa shape index (κ1) is 13.3. The van der Waals surface area contributed by atoms with Crippen LogP contribution in [0.25, 0.3) is 0 Å². The topological polar surface area (TPSA) is 15.7 Å². The molecule has 1 unspecified atom stereocenters. The minimum atomic E-state index is 0.0776. The van der Waals surface area contributed by atoms with Gasteiger partial charge in [0.2, 0.25) is 0 Å². The summed E-state index contributed by atoms with van der Waals surface area (Å²) in [6.45, 7) is 6.23. The Hall–Kier alpha value is 0.280. The van der Waals surface area contributed by atoms with Gasteiger partial charge in [-0.25, -0.2) is 0 Å². The van der Waals surface area contributed by atoms with Gasteiger partial charge in [-0.05, 0) is 53.0 Å². The van der Waals surface area contributed by atoms with Crippen LogP contribution in [0.5, 0.6) is 0 Å². The van der Waals surface area contributed by atoms with E-state index in [-0.39, 0.29) is 2.88 Å². The number of alkyl halides is 1. The van der Waals surface area contributed by atoms with Crippen LogP contribution >= 0.6 is 34.4 Å². The van der Waals surface area contributed by atoms with E-state index in [1.165, 1.54) is 31.6 Å². The third-order valence-corrected chi connectivity index (χ3v) is 6.45. The van der Waals surface area contributed by atoms with E-state index in [0.29, 0.717) is 0 Å². The van der Waals surface area contributed by atoms with Gasteiger partial charge in [0.05, 0.1) is 13.2 Å². The van der Waals surface area contributed by atoms with E-state index in [1.54, 1.807) is 0 Å². The molecule has 0 N–H and O–H groups in total. The first-order valence-corrected chi connectivity index (χ1v) is 8.58. The summed E-state index contributed by atoms with van der Waals surface area (Å²) in [6, 6.07) is 0. The third kappa shape index (κ3) is 2.73. The van der Waals surface area contributed by atoms with Gasteiger partial charge < -0.3 is 9.64 Å². The van der Waals surface area contributed by atoms with E-state index in [9.17, 15) is 0 Å². The number of morpholine rings is 1. The molecule has 3 rings (SSSR count). The number of hydrogen-bond acceptors (Lipinski definition) is 4. The van der Waals surface area contributed by atoms with Crippen molar-refractivity contribution in [3.63, 3.8) is 0 Å². The fourth-order valence-electron chi connectivity index (χ4n) is 2.67. The summed E-state index contributed by atoms with van der Waals surface area (Å²) in [5.41, 5.74) is 1.41. The first-order chi connectivity index (χ1) is 8.78. The van der Waals surface area contributed by atoms with Crippen molar-refractivity contribution < 1.29 is 4.74 Å². The molecule has 3 aliphatic rings. The molecule has 0 amide bonds. The summed E-state index contributed by atoms with van der Waals surface area (Å²) in [7, 11) is 0. The molecule has 2 saturated heterocycles. The summed E-state index contributed by atoms with van der Waals surface area (Å²) in [4.78, 5) is 5.05. The smallest absolute Gasteiger partial charge is 0.144 e. The molecule has 5 heteroatoms. The SMILES string of the molecule is IC1(N2CCOCC2)C=C(N2CCCC2)C=CS1. The number of rotatable bonds is 2. The maximum atomic E-state index is 5.46. The minimum absolute atomic E-state index is 0.0776. The molecule has 100 valence electrons. The molecule has 0 saturated carbocycles. The maximum Gasteiger partial charge on any atom is 0.144 e. The Morgan fingerprint density at radius 1 is 1.17 bits per heavy atom. The monoisotopic (exact) mass is 378 g/mol. The molecule has 0 spiro atoms. The van der Waals surface area contributed by atoms with Crippen LogP contribution in [-0.4, -0.2) is 52.1 Å². The number of thioether (sulfide) groups is 1. The normalized spacial score (nSPS) is 33.8. The number of allylic oxidation sites excluding steroid dienone is 1. The number of likely N-dealkylation sites (tertiary alicyclic amines) is 1. The number of nitrogens with zero attached hydrogens (tertiary/aromatic N) is 2. The van der Waals surface area contributed by atoms with Crippen molar-refractivity contribution in [3.05, 3.63) is 23.3 Å². The van der Waals surface area contributed by atoms with Crippen molar-refractivity contribution in [2.24, 2.45) is 0 Å². The molecule has 0 aromatic heterocycles. The lowest BCUT2D eigenvalue weighted by Gasteiger charge is -2.41. The Kier molecular flexibility index (Phi) is 4.22. The molecule has 0 aliphatic carbocycles. The molecule has 18 heavy (non-hydrogen) atoms. The van der Waals surface area contributed by atoms with Crippen molar-refractivity contribution in [3.8, 4) is 0 Å². The van der Waals surface area contributed by atoms with Gasteiger partial charge >= 0.3 is 0 Å². The molecule has 3 aliphatic heterocycles. The second kappa shape index (κ2) is 5.73. The van der Waals surface area contributed by atoms with Crippen molar-refractivity contribution in [1.82, 2.24) is 9.80 Å². The summed E-state index contributed by atoms with van der Waals surface area (Å²) < 4.78 is 5.54. The van der Waals surface area contributed by atoms with E-state index in [1.807, 2.05) is 11.8 Å². The van der Waals surface area contributed by atoms with Gasteiger partial charge in [0, 0.05) is 31.9 Å². The predicted molar refractivity (Wildman–Crippen MR) is 84.8 cm³/mol. The predicted octanol–water partition coefficient (Wildman–Crippen LogP) is 2.65. The first-order valence-electron chi connectivity index (χ1n) is 6.62. The maximum absolute atomic E-state index is 5.46. The van der Waals surface area contributed by atoms with E-state index < -0.39 is 0 Å². The van der Waals surface area contributed by atoms with Gasteiger partial charge in [-0.2, -0.15) is 0 Å². The lowest BCUT2D eigenvalue weighted by molar-refractivity contribution is 0.0361. The number of hydrogen-bond donors (Lipinski definition) is 0. The molecule has 1 atom stereocenters. The Morgan fingerprint density at radius 3 is 2.61 bits per heavy atom. The fourth-order valence-corrected chi connectivity index (χ4v) is 4.83. The highest BCUT2D eigenvalue weighted by Gasteiger charge is 2.35. The number of halogens is 1. The Balaban J connectivity index is 1.76. The quantitative estimate of drug-likeness (QED) is 0.417. The summed E-state index contributed by atoms with van der Waals surface area (Å²) in [5.74, 6) is 0. The molecule has 0 bridgehead atoms. The largest absolute Gasteiger partial charge is 0.379 e. The van der Waals surface area contributed by atoms with Gasteiger partial charge in [0.25, 0.3) is 0 Å². The van der Waals surface area contributed by atoms with Crippen LogP contribution in [0, 0.1) is 0 Å². The molecule has 3 nitrogen and oxygen atoms in total. The average Bonchev–Trinajstić information content (AvgIpc) is 2.94. The standard InChI is InChI=1S/C13H19IN2OS/c14-13(16-6-8-17-9-7-16)11-12(3-10-18-13)15-4-1-2-5-15/h3,10-11H,1-2,4-9H2. The molecule has 3 heterocycles. The van der Waals surface area contributed by atoms with E-state index in [2.05, 4.69) is 50.0 Å². The zero-order valence-corrected chi connectivity index (χ0v) is 13.5. The highest BCUT2D eigenvalue weighted by atomic mass is 127. The van der Waals surface area contributed by atoms with E-state index >= 15 is 0 Å². The van der Waals surface area contributed by atoms with Crippen LogP contribution in [0.2, 0.25) is 0 Å². The molecule has 2 fully saturated rings. The van der Waals surface area contributed by atoms with E-state index in [4.69, 9.17) is 4.74 Å². The minimum Gasteiger partial charge on any atom is -0.379 e. The fraction of sp³-hybridized carbons (Fsp3) is 0.692. The van der Waals surface area contributed by atoms with Gasteiger partial charge in [0.15, 0.2) is 0 Å². The van der Waals surface area contributed by atoms with Crippen LogP contribution in [0.3, 0.4) is 0 Å². The van der Waals surface area contributed by atoms with E-state index in [0.717, 1.165) is 26.3 Å². The summed E-state index contributed by atoms with van der Waals surface area (Å²) in [6.07, 6.45) is 7.39. The van der Waals surface area contributed by atoms with Crippen molar-refractivity contribution >= 4 is 34.4 Å². The van der Waals surface area contributed by atoms with Crippen LogP contribution in [-0.2, 0) is 4.74 Å². The Labute approximate surface area is 127 Å². The molecular weight excluding hydrogens is 359 g/mol. The average molecular weight is 378 g/mol. The highest BCUT2D eigenvalue weighted by molar-refractivity contribution is 14.1. The second-order valence-corrected chi connectivity index (χ2v) is 8.40. The lowest BCUT2D eigenvalue weighted by Crippen LogP contribution is -2.47. The van der Waals surface area contributed by atoms with Crippen molar-refractivity contribution in [1.29, 1.82) is 0 Å². The zero-order chi connectivity index (χ0) is 12.4. The van der Waals surface area contributed by atoms with Crippen molar-refractivity contribution in [2.45, 2.75) is 15.7 Å². The molecule has 0 radical (unpaired) electrons. The third-order valence-electron chi connectivity index (χ3n) is 3.71. The van der Waals surface area contributed by atoms with Gasteiger partial charge in [-0.3, -0.25) is 4.90 Å². The van der Waals surface area contributed by atoms with Crippen LogP contribution in [0.15, 0.2) is 23.3 Å². The summed E-state index contributed by atoms with van der Waals surface area (Å²) in [5, 5.41) is 2.26. The lowest BCUT2D eigenvalue weighted by atomic mass is 10.3. The Bertz CT molecular complexity index is 362. The molecule has 0 aromatic carbocycles. The zero-order valence-electron chi connectivity index (χ0n) is 10.5. The Morgan fingerprint density at radius 2 is 1.89 bits per heavy atom. The van der Waals surface area contributed by atoms with Gasteiger partial charge in [-0.15, -0.1) is 0 Å². The van der Waals surface area contributed by atoms with Gasteiger partial charge in [0.1, 0.15) is 2.88 Å². The van der Waals surface area contributed by atoms with Crippen LogP contribution < -0.4 is 0 Å². The van der Waals surface area contributed by atoms with Crippen molar-refractivity contribution in [2.75, 3.05) is 39.4 Å². The van der Waals surface area contributed by atoms with Gasteiger partial charge in [-0.1, -0.05) is 11.8 Å². The molecule has 0 aromatic rings. The van der Waals surface area contributed by atoms with Crippen LogP contribution in [0.1, 0.15) is 12.8 Å². The second-order valence-electron chi connectivity index (χ2n) is 4.89. The van der Waals surface area contributed by atoms with Crippen LogP contribution in [0.4, 0.5) is 0 Å². The highest BCUT2D eigenvalue weighted by Crippen LogP contribution is 2.43. The number of ether oxygens (including phenoxy) is 1.